The second-order valence-electron chi connectivity index (χ2n) is 1.88. The minimum absolute atomic E-state index is 0. The van der Waals surface area contributed by atoms with Crippen LogP contribution in [-0.2, 0) is 29.1 Å². The van der Waals surface area contributed by atoms with Crippen molar-refractivity contribution in [3.8, 4) is 0 Å². The van der Waals surface area contributed by atoms with Crippen molar-refractivity contribution in [2.75, 3.05) is 0 Å². The van der Waals surface area contributed by atoms with Gasteiger partial charge >= 0.3 is 63.3 Å². The van der Waals surface area contributed by atoms with Gasteiger partial charge in [0.2, 0.25) is 0 Å². The minimum atomic E-state index is -1.17. The molecule has 0 radical (unpaired) electrons. The number of carboxylic acid groups (broad SMARTS) is 2. The number of rotatable bonds is 4. The van der Waals surface area contributed by atoms with E-state index in [2.05, 4.69) is 0 Å². The molecule has 0 heterocycles. The second-order valence-corrected chi connectivity index (χ2v) is 1.88. The van der Waals surface area contributed by atoms with E-state index in [-0.39, 0.29) is 83.7 Å². The second kappa shape index (κ2) is 10.2. The summed E-state index contributed by atoms with van der Waals surface area (Å²) in [6, 6.07) is -1.06. The molecule has 0 saturated heterocycles. The van der Waals surface area contributed by atoms with E-state index in [1.54, 1.807) is 0 Å². The van der Waals surface area contributed by atoms with Gasteiger partial charge in [-0.05, 0) is 6.42 Å². The predicted octanol–water partition coefficient (Wildman–Crippen LogP) is -1.39. The molecule has 0 bridgehead atoms. The number of carbonyl (C=O) groups is 2. The third-order valence-electron chi connectivity index (χ3n) is 0.986. The van der Waals surface area contributed by atoms with E-state index < -0.39 is 18.0 Å². The van der Waals surface area contributed by atoms with Crippen LogP contribution < -0.4 is 5.73 Å². The molecule has 4 N–H and O–H groups in total. The monoisotopic (exact) mass is 251 g/mol. The van der Waals surface area contributed by atoms with Crippen LogP contribution in [0.15, 0.2) is 0 Å². The Morgan fingerprint density at radius 1 is 1.33 bits per heavy atom. The Morgan fingerprint density at radius 2 is 1.75 bits per heavy atom. The van der Waals surface area contributed by atoms with Gasteiger partial charge in [0.1, 0.15) is 6.04 Å². The third-order valence-corrected chi connectivity index (χ3v) is 0.986. The van der Waals surface area contributed by atoms with E-state index in [1.165, 1.54) is 0 Å². The van der Waals surface area contributed by atoms with Crippen LogP contribution in [0.5, 0.6) is 0 Å². The van der Waals surface area contributed by atoms with Crippen molar-refractivity contribution in [2.45, 2.75) is 18.9 Å². The van der Waals surface area contributed by atoms with Gasteiger partial charge in [0.25, 0.3) is 0 Å². The predicted molar refractivity (Wildman–Crippen MR) is 39.6 cm³/mol. The smallest absolute Gasteiger partial charge is 0 e. The first-order chi connectivity index (χ1) is 4.54. The van der Waals surface area contributed by atoms with E-state index >= 15 is 0 Å². The van der Waals surface area contributed by atoms with Gasteiger partial charge < -0.3 is 15.9 Å². The average molecular weight is 253 g/mol. The molecule has 0 aliphatic heterocycles. The largest absolute Gasteiger partial charge is 0 e. The molecule has 0 aliphatic rings. The summed E-state index contributed by atoms with van der Waals surface area (Å²) in [5, 5.41) is 16.3. The van der Waals surface area contributed by atoms with Gasteiger partial charge in [-0.3, -0.25) is 9.59 Å². The minimum Gasteiger partial charge on any atom is 0 e. The molecular formula is C5H10KNO4Zn. The van der Waals surface area contributed by atoms with E-state index in [0.717, 1.165) is 0 Å². The van der Waals surface area contributed by atoms with Crippen molar-refractivity contribution >= 4 is 63.3 Å². The molecule has 0 fully saturated rings. The molecule has 62 valence electrons. The van der Waals surface area contributed by atoms with Crippen LogP contribution in [-0.4, -0.2) is 79.6 Å². The average Bonchev–Trinajstić information content (AvgIpc) is 1.82. The number of nitrogens with two attached hydrogens (primary N) is 1. The topological polar surface area (TPSA) is 101 Å². The van der Waals surface area contributed by atoms with Crippen LogP contribution in [0.25, 0.3) is 0 Å². The van der Waals surface area contributed by atoms with E-state index in [1.807, 2.05) is 0 Å². The molecule has 0 saturated carbocycles. The molecule has 0 aromatic rings. The Balaban J connectivity index is -0.000000405. The maximum Gasteiger partial charge on any atom is 0 e. The Morgan fingerprint density at radius 3 is 2.00 bits per heavy atom. The van der Waals surface area contributed by atoms with E-state index in [9.17, 15) is 9.59 Å². The molecule has 0 spiro atoms. The Labute approximate surface area is 125 Å². The van der Waals surface area contributed by atoms with Crippen molar-refractivity contribution in [1.29, 1.82) is 0 Å². The first-order valence-corrected chi connectivity index (χ1v) is 2.74. The molecule has 0 aromatic heterocycles. The molecule has 0 aliphatic carbocycles. The van der Waals surface area contributed by atoms with Gasteiger partial charge in [-0.1, -0.05) is 0 Å². The van der Waals surface area contributed by atoms with E-state index in [0.29, 0.717) is 0 Å². The molecule has 1 atom stereocenters. The number of carboxylic acids is 2. The van der Waals surface area contributed by atoms with Crippen molar-refractivity contribution in [3.63, 3.8) is 0 Å². The van der Waals surface area contributed by atoms with Crippen LogP contribution in [0.1, 0.15) is 12.8 Å². The fourth-order valence-corrected chi connectivity index (χ4v) is 0.402. The third kappa shape index (κ3) is 11.2. The number of aliphatic carboxylic acids is 2. The van der Waals surface area contributed by atoms with Gasteiger partial charge in [0.15, 0.2) is 0 Å². The van der Waals surface area contributed by atoms with Crippen molar-refractivity contribution in [1.82, 2.24) is 0 Å². The first kappa shape index (κ1) is 18.9. The SMILES string of the molecule is N[C@@H](CCC(=O)O)C(=O)O.[KH].[Zn]. The van der Waals surface area contributed by atoms with Crippen molar-refractivity contribution in [2.24, 2.45) is 5.73 Å². The zero-order chi connectivity index (χ0) is 8.15. The number of hydrogen-bond donors (Lipinski definition) is 3. The fourth-order valence-electron chi connectivity index (χ4n) is 0.402. The summed E-state index contributed by atoms with van der Waals surface area (Å²) in [4.78, 5) is 19.9. The maximum atomic E-state index is 9.99. The van der Waals surface area contributed by atoms with Gasteiger partial charge in [-0.25, -0.2) is 0 Å². The summed E-state index contributed by atoms with van der Waals surface area (Å²) in [7, 11) is 0. The summed E-state index contributed by atoms with van der Waals surface area (Å²) in [6.45, 7) is 0. The normalized spacial score (nSPS) is 10.4. The van der Waals surface area contributed by atoms with Gasteiger partial charge in [0, 0.05) is 25.9 Å². The van der Waals surface area contributed by atoms with Crippen LogP contribution in [0.4, 0.5) is 0 Å². The molecule has 0 aromatic carbocycles. The van der Waals surface area contributed by atoms with Crippen LogP contribution in [0, 0.1) is 0 Å². The Kier molecular flexibility index (Phi) is 16.1. The molecule has 5 nitrogen and oxygen atoms in total. The summed E-state index contributed by atoms with van der Waals surface area (Å²) in [6.07, 6.45) is -0.224. The van der Waals surface area contributed by atoms with E-state index in [4.69, 9.17) is 15.9 Å². The Hall–Kier alpha value is 1.16. The molecule has 12 heavy (non-hydrogen) atoms. The summed E-state index contributed by atoms with van der Waals surface area (Å²) >= 11 is 0. The summed E-state index contributed by atoms with van der Waals surface area (Å²) in [5.41, 5.74) is 5.00. The first-order valence-electron chi connectivity index (χ1n) is 2.74. The summed E-state index contributed by atoms with van der Waals surface area (Å²) < 4.78 is 0. The zero-order valence-electron chi connectivity index (χ0n) is 5.99. The van der Waals surface area contributed by atoms with Crippen molar-refractivity contribution in [3.05, 3.63) is 0 Å². The number of hydrogen-bond acceptors (Lipinski definition) is 3. The standard InChI is InChI=1S/C5H9NO4.K.Zn.H/c6-3(5(9)10)1-2-4(7)8;;;/h3H,1-2,6H2,(H,7,8)(H,9,10);;;/t3-;;;/m0.../s1. The van der Waals surface area contributed by atoms with Crippen LogP contribution >= 0.6 is 0 Å². The molecule has 0 rings (SSSR count). The molecular weight excluding hydrogens is 243 g/mol. The van der Waals surface area contributed by atoms with Crippen molar-refractivity contribution < 1.29 is 39.3 Å². The van der Waals surface area contributed by atoms with Gasteiger partial charge in [-0.2, -0.15) is 0 Å². The van der Waals surface area contributed by atoms with Crippen LogP contribution in [0.3, 0.4) is 0 Å². The maximum absolute atomic E-state index is 9.99. The molecule has 0 unspecified atom stereocenters. The van der Waals surface area contributed by atoms with Gasteiger partial charge in [-0.15, -0.1) is 0 Å². The molecule has 0 amide bonds. The van der Waals surface area contributed by atoms with Crippen LogP contribution in [0.2, 0.25) is 0 Å². The zero-order valence-corrected chi connectivity index (χ0v) is 8.95. The molecule has 7 heteroatoms. The summed E-state index contributed by atoms with van der Waals surface area (Å²) in [5.74, 6) is -2.20. The van der Waals surface area contributed by atoms with Gasteiger partial charge in [0.05, 0.1) is 0 Å². The fraction of sp³-hybridized carbons (Fsp3) is 0.600. The quantitative estimate of drug-likeness (QED) is 0.535. The Bertz CT molecular complexity index is 154.